The number of nitrogens with zero attached hydrogens (tertiary/aromatic N) is 3. The lowest BCUT2D eigenvalue weighted by Crippen LogP contribution is -2.36. The van der Waals surface area contributed by atoms with Crippen molar-refractivity contribution in [3.63, 3.8) is 0 Å². The van der Waals surface area contributed by atoms with Gasteiger partial charge in [-0.05, 0) is 24.3 Å². The van der Waals surface area contributed by atoms with Crippen LogP contribution in [0, 0.1) is 0 Å². The third-order valence-electron chi connectivity index (χ3n) is 7.02. The minimum atomic E-state index is -0.379. The number of imide groups is 1. The van der Waals surface area contributed by atoms with Crippen LogP contribution >= 0.6 is 0 Å². The van der Waals surface area contributed by atoms with Gasteiger partial charge in [-0.15, -0.1) is 0 Å². The molecule has 0 atom stereocenters. The number of aromatic nitrogens is 2. The molecule has 35 heavy (non-hydrogen) atoms. The van der Waals surface area contributed by atoms with Gasteiger partial charge in [0, 0.05) is 73.2 Å². The second-order valence-electron chi connectivity index (χ2n) is 9.02. The highest BCUT2D eigenvalue weighted by Crippen LogP contribution is 2.39. The molecular weight excluding hydrogens is 444 g/mol. The summed E-state index contributed by atoms with van der Waals surface area (Å²) in [4.78, 5) is 28.5. The van der Waals surface area contributed by atoms with E-state index >= 15 is 0 Å². The lowest BCUT2D eigenvalue weighted by atomic mass is 9.95. The van der Waals surface area contributed by atoms with Crippen molar-refractivity contribution < 1.29 is 19.1 Å². The predicted octanol–water partition coefficient (Wildman–Crippen LogP) is 3.08. The highest BCUT2D eigenvalue weighted by molar-refractivity contribution is 6.50. The standard InChI is InChI=1S/C27H26N4O4/c1-29-14-20(18-6-4-16(12-22(18)29)31-8-10-35-11-9-31)24-25(27(33)28-26(24)32)21-15-30(2)23-13-17(34-3)5-7-19(21)23/h4-7,12-15H,8-11H2,1-3H3,(H,28,32,33). The molecule has 1 saturated heterocycles. The van der Waals surface area contributed by atoms with E-state index in [1.54, 1.807) is 7.11 Å². The summed E-state index contributed by atoms with van der Waals surface area (Å²) in [6.07, 6.45) is 3.84. The van der Waals surface area contributed by atoms with E-state index in [9.17, 15) is 9.59 Å². The molecule has 0 spiro atoms. The number of anilines is 1. The summed E-state index contributed by atoms with van der Waals surface area (Å²) in [6, 6.07) is 12.0. The van der Waals surface area contributed by atoms with Gasteiger partial charge in [0.05, 0.1) is 42.5 Å². The third kappa shape index (κ3) is 3.32. The van der Waals surface area contributed by atoms with Crippen LogP contribution in [-0.4, -0.2) is 54.4 Å². The summed E-state index contributed by atoms with van der Waals surface area (Å²) >= 11 is 0. The molecule has 0 saturated carbocycles. The number of nitrogens with one attached hydrogen (secondary N) is 1. The molecular formula is C27H26N4O4. The number of rotatable bonds is 4. The van der Waals surface area contributed by atoms with E-state index in [1.165, 1.54) is 0 Å². The van der Waals surface area contributed by atoms with Gasteiger partial charge in [-0.1, -0.05) is 6.07 Å². The van der Waals surface area contributed by atoms with Crippen LogP contribution in [0.1, 0.15) is 11.1 Å². The van der Waals surface area contributed by atoms with Gasteiger partial charge in [-0.3, -0.25) is 14.9 Å². The smallest absolute Gasteiger partial charge is 0.259 e. The first-order valence-corrected chi connectivity index (χ1v) is 11.6. The summed E-state index contributed by atoms with van der Waals surface area (Å²) < 4.78 is 14.8. The Kier molecular flexibility index (Phi) is 4.93. The lowest BCUT2D eigenvalue weighted by molar-refractivity contribution is -0.122. The fourth-order valence-corrected chi connectivity index (χ4v) is 5.25. The molecule has 6 rings (SSSR count). The maximum Gasteiger partial charge on any atom is 0.259 e. The number of hydrogen-bond donors (Lipinski definition) is 1. The Morgan fingerprint density at radius 1 is 0.829 bits per heavy atom. The maximum atomic E-state index is 13.1. The fraction of sp³-hybridized carbons (Fsp3) is 0.259. The van der Waals surface area contributed by atoms with E-state index in [-0.39, 0.29) is 11.8 Å². The van der Waals surface area contributed by atoms with Crippen LogP contribution in [0.3, 0.4) is 0 Å². The molecule has 4 heterocycles. The van der Waals surface area contributed by atoms with Crippen molar-refractivity contribution in [2.45, 2.75) is 0 Å². The largest absolute Gasteiger partial charge is 0.497 e. The quantitative estimate of drug-likeness (QED) is 0.464. The zero-order valence-corrected chi connectivity index (χ0v) is 19.9. The van der Waals surface area contributed by atoms with E-state index in [0.29, 0.717) is 24.4 Å². The van der Waals surface area contributed by atoms with Crippen LogP contribution < -0.4 is 15.0 Å². The molecule has 2 aliphatic rings. The maximum absolute atomic E-state index is 13.1. The van der Waals surface area contributed by atoms with E-state index in [1.807, 2.05) is 59.9 Å². The molecule has 1 fully saturated rings. The lowest BCUT2D eigenvalue weighted by Gasteiger charge is -2.29. The van der Waals surface area contributed by atoms with Crippen LogP contribution in [0.4, 0.5) is 5.69 Å². The Labute approximate surface area is 202 Å². The number of morpholine rings is 1. The van der Waals surface area contributed by atoms with Gasteiger partial charge in [0.1, 0.15) is 5.75 Å². The predicted molar refractivity (Wildman–Crippen MR) is 135 cm³/mol. The number of amides is 2. The molecule has 0 radical (unpaired) electrons. The molecule has 0 unspecified atom stereocenters. The van der Waals surface area contributed by atoms with Crippen molar-refractivity contribution >= 4 is 50.5 Å². The summed E-state index contributed by atoms with van der Waals surface area (Å²) in [5, 5.41) is 4.35. The highest BCUT2D eigenvalue weighted by atomic mass is 16.5. The average Bonchev–Trinajstić information content (AvgIpc) is 3.48. The van der Waals surface area contributed by atoms with Gasteiger partial charge in [-0.2, -0.15) is 0 Å². The van der Waals surface area contributed by atoms with Gasteiger partial charge in [-0.25, -0.2) is 0 Å². The van der Waals surface area contributed by atoms with Crippen molar-refractivity contribution in [2.24, 2.45) is 14.1 Å². The van der Waals surface area contributed by atoms with Crippen LogP contribution in [0.25, 0.3) is 33.0 Å². The van der Waals surface area contributed by atoms with Crippen LogP contribution in [0.5, 0.6) is 5.75 Å². The van der Waals surface area contributed by atoms with Crippen molar-refractivity contribution in [1.82, 2.24) is 14.5 Å². The number of aryl methyl sites for hydroxylation is 2. The minimum Gasteiger partial charge on any atom is -0.497 e. The average molecular weight is 471 g/mol. The Hall–Kier alpha value is -4.04. The molecule has 2 aromatic carbocycles. The molecule has 178 valence electrons. The Balaban J connectivity index is 1.54. The molecule has 8 nitrogen and oxygen atoms in total. The summed E-state index contributed by atoms with van der Waals surface area (Å²) in [5.74, 6) is -0.0212. The van der Waals surface area contributed by atoms with Gasteiger partial charge in [0.2, 0.25) is 0 Å². The van der Waals surface area contributed by atoms with Crippen molar-refractivity contribution in [3.05, 3.63) is 59.9 Å². The Morgan fingerprint density at radius 2 is 1.40 bits per heavy atom. The normalized spacial score (nSPS) is 16.6. The van der Waals surface area contributed by atoms with E-state index in [0.717, 1.165) is 57.5 Å². The van der Waals surface area contributed by atoms with Gasteiger partial charge < -0.3 is 23.5 Å². The van der Waals surface area contributed by atoms with E-state index in [4.69, 9.17) is 9.47 Å². The second kappa shape index (κ2) is 8.02. The fourth-order valence-electron chi connectivity index (χ4n) is 5.25. The molecule has 4 aromatic rings. The number of carbonyl (C=O) groups excluding carboxylic acids is 2. The van der Waals surface area contributed by atoms with E-state index < -0.39 is 0 Å². The highest BCUT2D eigenvalue weighted by Gasteiger charge is 2.35. The number of hydrogen-bond acceptors (Lipinski definition) is 5. The topological polar surface area (TPSA) is 77.7 Å². The van der Waals surface area contributed by atoms with Crippen LogP contribution in [0.15, 0.2) is 48.8 Å². The first-order chi connectivity index (χ1) is 17.0. The minimum absolute atomic E-state index is 0.375. The van der Waals surface area contributed by atoms with Crippen molar-refractivity contribution in [1.29, 1.82) is 0 Å². The molecule has 2 aromatic heterocycles. The molecule has 0 bridgehead atoms. The molecule has 2 aliphatic heterocycles. The number of methoxy groups -OCH3 is 1. The molecule has 2 amide bonds. The van der Waals surface area contributed by atoms with Crippen molar-refractivity contribution in [3.8, 4) is 5.75 Å². The SMILES string of the molecule is COc1ccc2c(C3=C(c4cn(C)c5cc(N6CCOCC6)ccc45)C(=O)NC3=O)cn(C)c2c1. The number of fused-ring (bicyclic) bond motifs is 2. The Bertz CT molecular complexity index is 1550. The number of carbonyl (C=O) groups is 2. The summed E-state index contributed by atoms with van der Waals surface area (Å²) in [6.45, 7) is 3.12. The monoisotopic (exact) mass is 470 g/mol. The first kappa shape index (κ1) is 21.5. The molecule has 0 aliphatic carbocycles. The molecule has 8 heteroatoms. The third-order valence-corrected chi connectivity index (χ3v) is 7.02. The van der Waals surface area contributed by atoms with Gasteiger partial charge in [0.25, 0.3) is 11.8 Å². The van der Waals surface area contributed by atoms with Crippen molar-refractivity contribution in [2.75, 3.05) is 38.3 Å². The number of benzene rings is 2. The van der Waals surface area contributed by atoms with E-state index in [2.05, 4.69) is 22.3 Å². The van der Waals surface area contributed by atoms with Crippen LogP contribution in [-0.2, 0) is 28.4 Å². The first-order valence-electron chi connectivity index (χ1n) is 11.6. The summed E-state index contributed by atoms with van der Waals surface area (Å²) in [5.41, 5.74) is 5.33. The molecule has 1 N–H and O–H groups in total. The Morgan fingerprint density at radius 3 is 2.00 bits per heavy atom. The zero-order valence-electron chi connectivity index (χ0n) is 19.9. The zero-order chi connectivity index (χ0) is 24.3. The summed E-state index contributed by atoms with van der Waals surface area (Å²) in [7, 11) is 5.51. The van der Waals surface area contributed by atoms with Crippen LogP contribution in [0.2, 0.25) is 0 Å². The van der Waals surface area contributed by atoms with Gasteiger partial charge >= 0.3 is 0 Å². The van der Waals surface area contributed by atoms with Gasteiger partial charge in [0.15, 0.2) is 0 Å². The second-order valence-corrected chi connectivity index (χ2v) is 9.02. The number of ether oxygens (including phenoxy) is 2.